The first-order valence-electron chi connectivity index (χ1n) is 7.11. The molecule has 1 amide bonds. The van der Waals surface area contributed by atoms with Gasteiger partial charge in [0.05, 0.1) is 5.92 Å². The lowest BCUT2D eigenvalue weighted by Gasteiger charge is -2.20. The van der Waals surface area contributed by atoms with Gasteiger partial charge in [-0.3, -0.25) is 9.59 Å². The smallest absolute Gasteiger partial charge is 0.303 e. The third-order valence-corrected chi connectivity index (χ3v) is 3.28. The van der Waals surface area contributed by atoms with Gasteiger partial charge in [-0.1, -0.05) is 43.7 Å². The van der Waals surface area contributed by atoms with Crippen LogP contribution in [0.15, 0.2) is 30.3 Å². The van der Waals surface area contributed by atoms with E-state index < -0.39 is 5.97 Å². The molecule has 0 bridgehead atoms. The molecule has 1 rings (SSSR count). The van der Waals surface area contributed by atoms with Crippen molar-refractivity contribution in [1.82, 2.24) is 5.32 Å². The molecule has 2 unspecified atom stereocenters. The lowest BCUT2D eigenvalue weighted by atomic mass is 9.93. The number of benzene rings is 1. The van der Waals surface area contributed by atoms with Crippen LogP contribution in [0.3, 0.4) is 0 Å². The van der Waals surface area contributed by atoms with Crippen LogP contribution in [0.25, 0.3) is 0 Å². The van der Waals surface area contributed by atoms with Gasteiger partial charge in [-0.05, 0) is 25.3 Å². The molecule has 0 heterocycles. The molecule has 0 fully saturated rings. The summed E-state index contributed by atoms with van der Waals surface area (Å²) in [6, 6.07) is 9.59. The molecule has 0 aliphatic carbocycles. The van der Waals surface area contributed by atoms with Crippen LogP contribution in [0.2, 0.25) is 0 Å². The summed E-state index contributed by atoms with van der Waals surface area (Å²) in [6.07, 6.45) is 2.25. The molecular weight excluding hydrogens is 254 g/mol. The Morgan fingerprint density at radius 3 is 2.40 bits per heavy atom. The minimum Gasteiger partial charge on any atom is -0.481 e. The van der Waals surface area contributed by atoms with E-state index in [2.05, 4.69) is 12.2 Å². The van der Waals surface area contributed by atoms with E-state index in [1.54, 1.807) is 0 Å². The number of carbonyl (C=O) groups is 2. The first-order chi connectivity index (χ1) is 9.54. The number of amides is 1. The molecule has 0 aliphatic rings. The van der Waals surface area contributed by atoms with Gasteiger partial charge in [0.2, 0.25) is 5.91 Å². The van der Waals surface area contributed by atoms with Gasteiger partial charge in [0.1, 0.15) is 0 Å². The highest BCUT2D eigenvalue weighted by Crippen LogP contribution is 2.21. The Morgan fingerprint density at radius 2 is 1.85 bits per heavy atom. The minimum absolute atomic E-state index is 0.0176. The second-order valence-corrected chi connectivity index (χ2v) is 5.09. The number of carbonyl (C=O) groups excluding carboxylic acids is 1. The van der Waals surface area contributed by atoms with Crippen LogP contribution in [0.5, 0.6) is 0 Å². The van der Waals surface area contributed by atoms with Gasteiger partial charge in [-0.2, -0.15) is 0 Å². The second kappa shape index (κ2) is 8.35. The lowest BCUT2D eigenvalue weighted by molar-refractivity contribution is -0.137. The Morgan fingerprint density at radius 1 is 1.20 bits per heavy atom. The van der Waals surface area contributed by atoms with Gasteiger partial charge in [-0.25, -0.2) is 0 Å². The molecule has 0 radical (unpaired) electrons. The summed E-state index contributed by atoms with van der Waals surface area (Å²) in [5.41, 5.74) is 1.01. The van der Waals surface area contributed by atoms with E-state index in [4.69, 9.17) is 5.11 Å². The number of carboxylic acid groups (broad SMARTS) is 1. The van der Waals surface area contributed by atoms with Crippen molar-refractivity contribution in [2.24, 2.45) is 0 Å². The fourth-order valence-corrected chi connectivity index (χ4v) is 2.18. The molecule has 0 saturated heterocycles. The van der Waals surface area contributed by atoms with Gasteiger partial charge in [0.15, 0.2) is 0 Å². The maximum Gasteiger partial charge on any atom is 0.303 e. The SMILES string of the molecule is CCCC(C(=O)NC(C)CCC(=O)O)c1ccccc1. The largest absolute Gasteiger partial charge is 0.481 e. The summed E-state index contributed by atoms with van der Waals surface area (Å²) in [4.78, 5) is 22.9. The molecule has 0 spiro atoms. The summed E-state index contributed by atoms with van der Waals surface area (Å²) in [5, 5.41) is 11.6. The minimum atomic E-state index is -0.834. The fraction of sp³-hybridized carbons (Fsp3) is 0.500. The van der Waals surface area contributed by atoms with Crippen molar-refractivity contribution in [3.63, 3.8) is 0 Å². The molecule has 20 heavy (non-hydrogen) atoms. The maximum atomic E-state index is 12.3. The number of nitrogens with one attached hydrogen (secondary N) is 1. The first kappa shape index (κ1) is 16.2. The van der Waals surface area contributed by atoms with Crippen molar-refractivity contribution < 1.29 is 14.7 Å². The number of aliphatic carboxylic acids is 1. The van der Waals surface area contributed by atoms with Crippen LogP contribution < -0.4 is 5.32 Å². The van der Waals surface area contributed by atoms with Crippen molar-refractivity contribution in [3.8, 4) is 0 Å². The Kier molecular flexibility index (Phi) is 6.77. The van der Waals surface area contributed by atoms with Crippen LogP contribution in [0, 0.1) is 0 Å². The van der Waals surface area contributed by atoms with E-state index in [-0.39, 0.29) is 24.3 Å². The van der Waals surface area contributed by atoms with Crippen LogP contribution in [0.1, 0.15) is 51.0 Å². The average molecular weight is 277 g/mol. The van der Waals surface area contributed by atoms with E-state index >= 15 is 0 Å². The number of carboxylic acids is 1. The molecule has 4 nitrogen and oxygen atoms in total. The predicted octanol–water partition coefficient (Wildman–Crippen LogP) is 2.94. The molecule has 0 saturated carbocycles. The molecule has 110 valence electrons. The zero-order valence-corrected chi connectivity index (χ0v) is 12.1. The van der Waals surface area contributed by atoms with E-state index in [1.807, 2.05) is 37.3 Å². The van der Waals surface area contributed by atoms with Crippen molar-refractivity contribution >= 4 is 11.9 Å². The number of rotatable bonds is 8. The first-order valence-corrected chi connectivity index (χ1v) is 7.11. The third-order valence-electron chi connectivity index (χ3n) is 3.28. The number of hydrogen-bond donors (Lipinski definition) is 2. The zero-order chi connectivity index (χ0) is 15.0. The maximum absolute atomic E-state index is 12.3. The summed E-state index contributed by atoms with van der Waals surface area (Å²) in [5.74, 6) is -1.01. The fourth-order valence-electron chi connectivity index (χ4n) is 2.18. The van der Waals surface area contributed by atoms with Crippen LogP contribution in [-0.4, -0.2) is 23.0 Å². The highest BCUT2D eigenvalue weighted by Gasteiger charge is 2.21. The van der Waals surface area contributed by atoms with Gasteiger partial charge in [0, 0.05) is 12.5 Å². The van der Waals surface area contributed by atoms with Crippen LogP contribution in [-0.2, 0) is 9.59 Å². The molecule has 4 heteroatoms. The highest BCUT2D eigenvalue weighted by molar-refractivity contribution is 5.83. The van der Waals surface area contributed by atoms with Crippen molar-refractivity contribution in [2.75, 3.05) is 0 Å². The Balaban J connectivity index is 2.63. The van der Waals surface area contributed by atoms with Crippen molar-refractivity contribution in [3.05, 3.63) is 35.9 Å². The third kappa shape index (κ3) is 5.43. The zero-order valence-electron chi connectivity index (χ0n) is 12.1. The average Bonchev–Trinajstić information content (AvgIpc) is 2.43. The van der Waals surface area contributed by atoms with E-state index in [0.717, 1.165) is 18.4 Å². The predicted molar refractivity (Wildman–Crippen MR) is 78.6 cm³/mol. The quantitative estimate of drug-likeness (QED) is 0.767. The standard InChI is InChI=1S/C16H23NO3/c1-3-7-14(13-8-5-4-6-9-13)16(20)17-12(2)10-11-15(18)19/h4-6,8-9,12,14H,3,7,10-11H2,1-2H3,(H,17,20)(H,18,19). The normalized spacial score (nSPS) is 13.5. The van der Waals surface area contributed by atoms with Crippen molar-refractivity contribution in [2.45, 2.75) is 51.5 Å². The van der Waals surface area contributed by atoms with Crippen LogP contribution in [0.4, 0.5) is 0 Å². The monoisotopic (exact) mass is 277 g/mol. The van der Waals surface area contributed by atoms with E-state index in [9.17, 15) is 9.59 Å². The Bertz CT molecular complexity index is 431. The molecular formula is C16H23NO3. The van der Waals surface area contributed by atoms with Gasteiger partial charge >= 0.3 is 5.97 Å². The summed E-state index contributed by atoms with van der Waals surface area (Å²) < 4.78 is 0. The molecule has 1 aromatic rings. The summed E-state index contributed by atoms with van der Waals surface area (Å²) in [6.45, 7) is 3.89. The molecule has 2 N–H and O–H groups in total. The van der Waals surface area contributed by atoms with Gasteiger partial charge in [-0.15, -0.1) is 0 Å². The molecule has 0 aromatic heterocycles. The van der Waals surface area contributed by atoms with Crippen LogP contribution >= 0.6 is 0 Å². The van der Waals surface area contributed by atoms with Gasteiger partial charge in [0.25, 0.3) is 0 Å². The van der Waals surface area contributed by atoms with E-state index in [1.165, 1.54) is 0 Å². The van der Waals surface area contributed by atoms with Gasteiger partial charge < -0.3 is 10.4 Å². The summed E-state index contributed by atoms with van der Waals surface area (Å²) >= 11 is 0. The molecule has 0 aliphatic heterocycles. The molecule has 2 atom stereocenters. The van der Waals surface area contributed by atoms with E-state index in [0.29, 0.717) is 6.42 Å². The summed E-state index contributed by atoms with van der Waals surface area (Å²) in [7, 11) is 0. The Labute approximate surface area is 120 Å². The Hall–Kier alpha value is -1.84. The lowest BCUT2D eigenvalue weighted by Crippen LogP contribution is -2.36. The van der Waals surface area contributed by atoms with Crippen molar-refractivity contribution in [1.29, 1.82) is 0 Å². The topological polar surface area (TPSA) is 66.4 Å². The highest BCUT2D eigenvalue weighted by atomic mass is 16.4. The number of hydrogen-bond acceptors (Lipinski definition) is 2. The second-order valence-electron chi connectivity index (χ2n) is 5.09. The molecule has 1 aromatic carbocycles.